The van der Waals surface area contributed by atoms with Crippen LogP contribution in [0.25, 0.3) is 16.9 Å². The van der Waals surface area contributed by atoms with Gasteiger partial charge in [0.2, 0.25) is 5.91 Å². The van der Waals surface area contributed by atoms with Gasteiger partial charge in [-0.25, -0.2) is 9.97 Å². The van der Waals surface area contributed by atoms with E-state index in [0.29, 0.717) is 12.1 Å². The predicted molar refractivity (Wildman–Crippen MR) is 152 cm³/mol. The number of ether oxygens (including phenoxy) is 1. The molecule has 0 bridgehead atoms. The minimum atomic E-state index is -4.79. The van der Waals surface area contributed by atoms with Crippen LogP contribution in [0.5, 0.6) is 5.75 Å². The zero-order valence-electron chi connectivity index (χ0n) is 23.8. The van der Waals surface area contributed by atoms with Gasteiger partial charge in [-0.1, -0.05) is 6.92 Å². The van der Waals surface area contributed by atoms with E-state index in [1.165, 1.54) is 35.1 Å². The molecule has 4 heterocycles. The molecule has 0 spiro atoms. The molecule has 1 aromatic carbocycles. The summed E-state index contributed by atoms with van der Waals surface area (Å²) in [7, 11) is 0. The van der Waals surface area contributed by atoms with Crippen molar-refractivity contribution in [1.29, 1.82) is 5.26 Å². The fourth-order valence-electron chi connectivity index (χ4n) is 5.09. The number of hydrogen-bond acceptors (Lipinski definition) is 10. The zero-order chi connectivity index (χ0) is 32.1. The van der Waals surface area contributed by atoms with Crippen molar-refractivity contribution in [3.63, 3.8) is 0 Å². The number of anilines is 2. The van der Waals surface area contributed by atoms with Gasteiger partial charge >= 0.3 is 6.18 Å². The maximum absolute atomic E-state index is 13.8. The lowest BCUT2D eigenvalue weighted by Gasteiger charge is -2.17. The molecule has 234 valence electrons. The lowest BCUT2D eigenvalue weighted by atomic mass is 10.0. The van der Waals surface area contributed by atoms with E-state index in [2.05, 4.69) is 36.3 Å². The number of aromatic nitrogens is 5. The van der Waals surface area contributed by atoms with E-state index in [1.54, 1.807) is 13.0 Å². The Morgan fingerprint density at radius 1 is 1.29 bits per heavy atom. The molecule has 45 heavy (non-hydrogen) atoms. The molecule has 14 nitrogen and oxygen atoms in total. The van der Waals surface area contributed by atoms with Gasteiger partial charge in [0.1, 0.15) is 6.54 Å². The van der Waals surface area contributed by atoms with Gasteiger partial charge in [0.25, 0.3) is 12.4 Å². The van der Waals surface area contributed by atoms with Crippen LogP contribution in [0.2, 0.25) is 0 Å². The van der Waals surface area contributed by atoms with Crippen molar-refractivity contribution in [2.24, 2.45) is 0 Å². The number of nitrogens with zero attached hydrogens (tertiary/aromatic N) is 6. The number of carbonyl (C=O) groups excluding carboxylic acids is 3. The third kappa shape index (κ3) is 6.55. The lowest BCUT2D eigenvalue weighted by Crippen LogP contribution is -2.42. The Morgan fingerprint density at radius 2 is 2.11 bits per heavy atom. The number of benzene rings is 1. The van der Waals surface area contributed by atoms with Crippen molar-refractivity contribution in [3.8, 4) is 23.1 Å². The van der Waals surface area contributed by atoms with Crippen LogP contribution in [0.1, 0.15) is 35.0 Å². The van der Waals surface area contributed by atoms with Crippen LogP contribution in [-0.2, 0) is 28.7 Å². The Kier molecular flexibility index (Phi) is 8.95. The number of halogens is 3. The number of carbonyl (C=O) groups is 3. The number of nitrogens with one attached hydrogen (secondary N) is 4. The molecule has 4 aromatic rings. The Hall–Kier alpha value is -5.50. The number of nitriles is 1. The SMILES string of the molecule is CCc1c(C(=O)NCC(=O)N[C@H]2CCNC2)ccc(Nc2nccn3c(-c4cn(CC#N)nc4C(F)(F)F)cnc23)c1OC=O. The lowest BCUT2D eigenvalue weighted by molar-refractivity contribution is -0.141. The van der Waals surface area contributed by atoms with Crippen LogP contribution in [0.4, 0.5) is 24.7 Å². The molecule has 0 saturated carbocycles. The molecule has 1 saturated heterocycles. The summed E-state index contributed by atoms with van der Waals surface area (Å²) < 4.78 is 48.9. The van der Waals surface area contributed by atoms with Crippen LogP contribution in [-0.4, -0.2) is 68.1 Å². The highest BCUT2D eigenvalue weighted by Gasteiger charge is 2.38. The second-order valence-corrected chi connectivity index (χ2v) is 9.96. The molecule has 17 heteroatoms. The van der Waals surface area contributed by atoms with E-state index < -0.39 is 17.8 Å². The van der Waals surface area contributed by atoms with Gasteiger partial charge in [-0.15, -0.1) is 0 Å². The van der Waals surface area contributed by atoms with E-state index in [4.69, 9.17) is 10.00 Å². The Balaban J connectivity index is 1.44. The van der Waals surface area contributed by atoms with Gasteiger partial charge in [-0.2, -0.15) is 23.5 Å². The van der Waals surface area contributed by atoms with Crippen molar-refractivity contribution in [2.45, 2.75) is 38.5 Å². The number of alkyl halides is 3. The largest absolute Gasteiger partial charge is 0.435 e. The topological polar surface area (TPSA) is 180 Å². The van der Waals surface area contributed by atoms with Crippen molar-refractivity contribution in [1.82, 2.24) is 40.1 Å². The molecule has 1 fully saturated rings. The average molecular weight is 625 g/mol. The first-order valence-corrected chi connectivity index (χ1v) is 13.8. The zero-order valence-corrected chi connectivity index (χ0v) is 23.8. The number of fused-ring (bicyclic) bond motifs is 1. The van der Waals surface area contributed by atoms with Crippen molar-refractivity contribution in [2.75, 3.05) is 25.0 Å². The monoisotopic (exact) mass is 624 g/mol. The summed E-state index contributed by atoms with van der Waals surface area (Å²) in [6, 6.07) is 4.72. The van der Waals surface area contributed by atoms with Crippen LogP contribution in [0.3, 0.4) is 0 Å². The summed E-state index contributed by atoms with van der Waals surface area (Å²) in [6.07, 6.45) is 1.35. The van der Waals surface area contributed by atoms with Gasteiger partial charge < -0.3 is 26.0 Å². The third-order valence-corrected chi connectivity index (χ3v) is 7.08. The maximum Gasteiger partial charge on any atom is 0.435 e. The van der Waals surface area contributed by atoms with Crippen molar-refractivity contribution >= 4 is 35.4 Å². The first kappa shape index (κ1) is 30.9. The van der Waals surface area contributed by atoms with Crippen LogP contribution >= 0.6 is 0 Å². The second kappa shape index (κ2) is 13.0. The quantitative estimate of drug-likeness (QED) is 0.181. The van der Waals surface area contributed by atoms with Gasteiger partial charge in [0.15, 0.2) is 22.9 Å². The summed E-state index contributed by atoms with van der Waals surface area (Å²) in [5, 5.41) is 24.0. The van der Waals surface area contributed by atoms with E-state index in [0.717, 1.165) is 23.8 Å². The summed E-state index contributed by atoms with van der Waals surface area (Å²) in [5.41, 5.74) is -0.518. The van der Waals surface area contributed by atoms with Gasteiger partial charge in [0, 0.05) is 42.3 Å². The van der Waals surface area contributed by atoms with E-state index in [9.17, 15) is 27.6 Å². The van der Waals surface area contributed by atoms with Crippen LogP contribution in [0, 0.1) is 11.3 Å². The Morgan fingerprint density at radius 3 is 2.80 bits per heavy atom. The van der Waals surface area contributed by atoms with Crippen LogP contribution in [0.15, 0.2) is 36.9 Å². The van der Waals surface area contributed by atoms with Crippen molar-refractivity contribution < 1.29 is 32.3 Å². The number of amides is 2. The number of rotatable bonds is 11. The molecule has 0 aliphatic carbocycles. The first-order valence-electron chi connectivity index (χ1n) is 13.8. The highest BCUT2D eigenvalue weighted by Crippen LogP contribution is 2.38. The smallest absolute Gasteiger partial charge is 0.426 e. The normalized spacial score (nSPS) is 14.6. The standard InChI is InChI=1S/C28H27F3N10O4/c1-2-17-18(27(44)36-13-22(43)37-16-5-7-33-11-16)3-4-20(23(17)45-15-42)38-25-26-35-12-21(41(26)10-8-34-25)19-14-40(9-6-32)39-24(19)28(29,30)31/h3-4,8,10,12,14-16,33H,2,5,7,9,11,13H2,1H3,(H,34,38)(H,36,44)(H,37,43)/t16-/m0/s1. The van der Waals surface area contributed by atoms with Crippen molar-refractivity contribution in [3.05, 3.63) is 53.7 Å². The van der Waals surface area contributed by atoms with Crippen LogP contribution < -0.4 is 26.0 Å². The highest BCUT2D eigenvalue weighted by atomic mass is 19.4. The molecule has 3 aromatic heterocycles. The van der Waals surface area contributed by atoms with E-state index in [1.807, 2.05) is 0 Å². The summed E-state index contributed by atoms with van der Waals surface area (Å²) in [4.78, 5) is 45.4. The van der Waals surface area contributed by atoms with Gasteiger partial charge in [-0.3, -0.25) is 23.5 Å². The van der Waals surface area contributed by atoms with E-state index in [-0.39, 0.29) is 77.7 Å². The molecule has 1 aliphatic rings. The molecular weight excluding hydrogens is 597 g/mol. The minimum absolute atomic E-state index is 0.00394. The number of hydrogen-bond donors (Lipinski definition) is 4. The first-order chi connectivity index (χ1) is 21.6. The minimum Gasteiger partial charge on any atom is -0.426 e. The molecule has 2 amide bonds. The third-order valence-electron chi connectivity index (χ3n) is 7.08. The Bertz CT molecular complexity index is 1790. The fourth-order valence-corrected chi connectivity index (χ4v) is 5.09. The summed E-state index contributed by atoms with van der Waals surface area (Å²) in [5.74, 6) is -0.760. The fraction of sp³-hybridized carbons (Fsp3) is 0.321. The Labute approximate surface area is 253 Å². The molecule has 1 aliphatic heterocycles. The molecule has 1 atom stereocenters. The highest BCUT2D eigenvalue weighted by molar-refractivity contribution is 5.99. The molecule has 4 N–H and O–H groups in total. The van der Waals surface area contributed by atoms with Gasteiger partial charge in [0.05, 0.1) is 35.8 Å². The summed E-state index contributed by atoms with van der Waals surface area (Å²) >= 11 is 0. The number of imidazole rings is 1. The summed E-state index contributed by atoms with van der Waals surface area (Å²) in [6.45, 7) is 2.78. The predicted octanol–water partition coefficient (Wildman–Crippen LogP) is 2.18. The molecule has 5 rings (SSSR count). The molecule has 0 unspecified atom stereocenters. The second-order valence-electron chi connectivity index (χ2n) is 9.96. The average Bonchev–Trinajstić information content (AvgIpc) is 3.77. The van der Waals surface area contributed by atoms with Gasteiger partial charge in [-0.05, 0) is 31.5 Å². The maximum atomic E-state index is 13.8. The molecule has 0 radical (unpaired) electrons. The molecular formula is C28H27F3N10O4. The van der Waals surface area contributed by atoms with E-state index >= 15 is 0 Å².